The fourth-order valence-electron chi connectivity index (χ4n) is 3.12. The largest absolute Gasteiger partial charge is 0.245 e. The minimum atomic E-state index is -3.74. The molecule has 0 radical (unpaired) electrons. The summed E-state index contributed by atoms with van der Waals surface area (Å²) in [4.78, 5) is 4.70. The second-order valence-electron chi connectivity index (χ2n) is 5.85. The third kappa shape index (κ3) is 2.96. The van der Waals surface area contributed by atoms with Gasteiger partial charge in [-0.25, -0.2) is 13.4 Å². The summed E-state index contributed by atoms with van der Waals surface area (Å²) in [5.41, 5.74) is 0.896. The number of thiazole rings is 1. The van der Waals surface area contributed by atoms with E-state index in [-0.39, 0.29) is 21.0 Å². The zero-order valence-electron chi connectivity index (χ0n) is 13.0. The number of hydrogen-bond donors (Lipinski definition) is 0. The second-order valence-corrected chi connectivity index (χ2v) is 9.55. The van der Waals surface area contributed by atoms with Crippen molar-refractivity contribution in [1.82, 2.24) is 9.29 Å². The van der Waals surface area contributed by atoms with Gasteiger partial charge in [0.2, 0.25) is 10.0 Å². The molecule has 1 saturated heterocycles. The van der Waals surface area contributed by atoms with Crippen molar-refractivity contribution in [2.45, 2.75) is 23.8 Å². The molecule has 0 aliphatic carbocycles. The van der Waals surface area contributed by atoms with Crippen molar-refractivity contribution >= 4 is 54.8 Å². The number of sulfonamides is 1. The van der Waals surface area contributed by atoms with Crippen molar-refractivity contribution in [2.24, 2.45) is 0 Å². The first kappa shape index (κ1) is 17.2. The number of benzene rings is 2. The number of aromatic nitrogens is 1. The lowest BCUT2D eigenvalue weighted by molar-refractivity contribution is 0.396. The van der Waals surface area contributed by atoms with Gasteiger partial charge in [0, 0.05) is 6.54 Å². The van der Waals surface area contributed by atoms with E-state index in [1.54, 1.807) is 23.5 Å². The van der Waals surface area contributed by atoms with Crippen LogP contribution in [0.5, 0.6) is 0 Å². The van der Waals surface area contributed by atoms with Gasteiger partial charge in [0.25, 0.3) is 0 Å². The molecular formula is C17H14Cl2N2O2S2. The van der Waals surface area contributed by atoms with Crippen LogP contribution in [0, 0.1) is 0 Å². The van der Waals surface area contributed by atoms with Crippen LogP contribution in [0.25, 0.3) is 10.2 Å². The van der Waals surface area contributed by atoms with Gasteiger partial charge in [-0.3, -0.25) is 0 Å². The summed E-state index contributed by atoms with van der Waals surface area (Å²) in [5, 5.41) is 1.12. The minimum Gasteiger partial charge on any atom is -0.239 e. The molecule has 8 heteroatoms. The molecule has 0 bridgehead atoms. The van der Waals surface area contributed by atoms with Crippen LogP contribution in [0.2, 0.25) is 10.0 Å². The Bertz CT molecular complexity index is 1020. The summed E-state index contributed by atoms with van der Waals surface area (Å²) < 4.78 is 28.9. The fraction of sp³-hybridized carbons (Fsp3) is 0.235. The molecule has 0 spiro atoms. The Balaban J connectivity index is 1.77. The number of halogens is 2. The average Bonchev–Trinajstić information content (AvgIpc) is 3.23. The van der Waals surface area contributed by atoms with Crippen LogP contribution in [0.4, 0.5) is 0 Å². The van der Waals surface area contributed by atoms with Crippen LogP contribution in [-0.4, -0.2) is 24.3 Å². The van der Waals surface area contributed by atoms with E-state index in [1.807, 2.05) is 24.3 Å². The molecule has 1 aliphatic heterocycles. The maximum absolute atomic E-state index is 13.2. The van der Waals surface area contributed by atoms with Gasteiger partial charge < -0.3 is 0 Å². The summed E-state index contributed by atoms with van der Waals surface area (Å²) in [6.45, 7) is 0.450. The predicted molar refractivity (Wildman–Crippen MR) is 102 cm³/mol. The van der Waals surface area contributed by atoms with Crippen molar-refractivity contribution in [3.63, 3.8) is 0 Å². The molecule has 4 rings (SSSR count). The van der Waals surface area contributed by atoms with Crippen molar-refractivity contribution < 1.29 is 8.42 Å². The zero-order valence-corrected chi connectivity index (χ0v) is 16.2. The Labute approximate surface area is 160 Å². The molecule has 2 aromatic carbocycles. The van der Waals surface area contributed by atoms with Gasteiger partial charge in [-0.1, -0.05) is 41.4 Å². The highest BCUT2D eigenvalue weighted by atomic mass is 35.5. The molecule has 1 aliphatic rings. The van der Waals surface area contributed by atoms with E-state index >= 15 is 0 Å². The average molecular weight is 413 g/mol. The maximum atomic E-state index is 13.2. The number of hydrogen-bond acceptors (Lipinski definition) is 4. The highest BCUT2D eigenvalue weighted by Gasteiger charge is 2.39. The molecule has 25 heavy (non-hydrogen) atoms. The summed E-state index contributed by atoms with van der Waals surface area (Å²) in [6, 6.07) is 12.2. The maximum Gasteiger partial charge on any atom is 0.245 e. The van der Waals surface area contributed by atoms with E-state index in [4.69, 9.17) is 23.2 Å². The molecule has 1 fully saturated rings. The number of nitrogens with zero attached hydrogens (tertiary/aromatic N) is 2. The number of fused-ring (bicyclic) bond motifs is 1. The molecule has 4 nitrogen and oxygen atoms in total. The van der Waals surface area contributed by atoms with Gasteiger partial charge in [0.1, 0.15) is 9.90 Å². The number of rotatable bonds is 3. The van der Waals surface area contributed by atoms with Crippen LogP contribution in [0.15, 0.2) is 47.4 Å². The lowest BCUT2D eigenvalue weighted by atomic mass is 10.2. The highest BCUT2D eigenvalue weighted by molar-refractivity contribution is 7.89. The van der Waals surface area contributed by atoms with E-state index in [1.165, 1.54) is 10.4 Å². The SMILES string of the molecule is O=S(=O)(c1cccc(Cl)c1Cl)N1CCC[C@H]1c1nc2ccccc2s1. The van der Waals surface area contributed by atoms with Gasteiger partial charge >= 0.3 is 0 Å². The normalized spacial score (nSPS) is 18.9. The quantitative estimate of drug-likeness (QED) is 0.598. The van der Waals surface area contributed by atoms with Gasteiger partial charge in [0.05, 0.1) is 26.3 Å². The first-order chi connectivity index (χ1) is 12.0. The molecule has 2 heterocycles. The third-order valence-electron chi connectivity index (χ3n) is 4.30. The van der Waals surface area contributed by atoms with Crippen molar-refractivity contribution in [3.05, 3.63) is 57.5 Å². The van der Waals surface area contributed by atoms with Crippen LogP contribution < -0.4 is 0 Å². The van der Waals surface area contributed by atoms with Gasteiger partial charge in [-0.05, 0) is 37.1 Å². The van der Waals surface area contributed by atoms with Crippen LogP contribution >= 0.6 is 34.5 Å². The molecule has 0 amide bonds. The van der Waals surface area contributed by atoms with E-state index in [0.717, 1.165) is 28.1 Å². The van der Waals surface area contributed by atoms with E-state index in [9.17, 15) is 8.42 Å². The standard InChI is InChI=1S/C17H14Cl2N2O2S2/c18-11-5-3-9-15(16(11)19)25(22,23)21-10-4-7-13(21)17-20-12-6-1-2-8-14(12)24-17/h1-3,5-6,8-9,13H,4,7,10H2/t13-/m0/s1. The first-order valence-electron chi connectivity index (χ1n) is 7.80. The first-order valence-corrected chi connectivity index (χ1v) is 10.8. The van der Waals surface area contributed by atoms with Crippen molar-refractivity contribution in [2.75, 3.05) is 6.54 Å². The summed E-state index contributed by atoms with van der Waals surface area (Å²) in [5.74, 6) is 0. The van der Waals surface area contributed by atoms with Crippen molar-refractivity contribution in [3.8, 4) is 0 Å². The molecule has 1 atom stereocenters. The Morgan fingerprint density at radius 3 is 2.72 bits per heavy atom. The van der Waals surface area contributed by atoms with Gasteiger partial charge in [-0.15, -0.1) is 11.3 Å². The topological polar surface area (TPSA) is 50.3 Å². The Kier molecular flexibility index (Phi) is 4.50. The fourth-order valence-corrected chi connectivity index (χ4v) is 6.70. The molecule has 1 aromatic heterocycles. The minimum absolute atomic E-state index is 0.0506. The molecule has 0 N–H and O–H groups in total. The molecule has 0 saturated carbocycles. The zero-order chi connectivity index (χ0) is 17.6. The summed E-state index contributed by atoms with van der Waals surface area (Å²) >= 11 is 13.7. The molecule has 3 aromatic rings. The van der Waals surface area contributed by atoms with Gasteiger partial charge in [0.15, 0.2) is 0 Å². The van der Waals surface area contributed by atoms with Crippen molar-refractivity contribution in [1.29, 1.82) is 0 Å². The summed E-state index contributed by atoms with van der Waals surface area (Å²) in [7, 11) is -3.74. The Morgan fingerprint density at radius 1 is 1.12 bits per heavy atom. The number of para-hydroxylation sites is 1. The van der Waals surface area contributed by atoms with E-state index in [0.29, 0.717) is 6.54 Å². The lowest BCUT2D eigenvalue weighted by Gasteiger charge is -2.23. The third-order valence-corrected chi connectivity index (χ3v) is 8.32. The van der Waals surface area contributed by atoms with Crippen LogP contribution in [0.1, 0.15) is 23.9 Å². The summed E-state index contributed by atoms with van der Waals surface area (Å²) in [6.07, 6.45) is 1.54. The Morgan fingerprint density at radius 2 is 1.92 bits per heavy atom. The van der Waals surface area contributed by atoms with Gasteiger partial charge in [-0.2, -0.15) is 4.31 Å². The Hall–Kier alpha value is -1.18. The monoisotopic (exact) mass is 412 g/mol. The smallest absolute Gasteiger partial charge is 0.239 e. The molecule has 0 unspecified atom stereocenters. The lowest BCUT2D eigenvalue weighted by Crippen LogP contribution is -2.30. The van der Waals surface area contributed by atoms with Crippen LogP contribution in [-0.2, 0) is 10.0 Å². The van der Waals surface area contributed by atoms with E-state index in [2.05, 4.69) is 4.98 Å². The van der Waals surface area contributed by atoms with E-state index < -0.39 is 10.0 Å². The second kappa shape index (κ2) is 6.52. The molecular weight excluding hydrogens is 399 g/mol. The highest BCUT2D eigenvalue weighted by Crippen LogP contribution is 2.41. The molecule has 130 valence electrons. The predicted octanol–water partition coefficient (Wildman–Crippen LogP) is 5.13. The van der Waals surface area contributed by atoms with Crippen LogP contribution in [0.3, 0.4) is 0 Å².